The lowest BCUT2D eigenvalue weighted by Crippen LogP contribution is -2.39. The van der Waals surface area contributed by atoms with E-state index in [1.165, 1.54) is 0 Å². The van der Waals surface area contributed by atoms with Crippen LogP contribution in [0.2, 0.25) is 0 Å². The molecule has 1 aliphatic rings. The lowest BCUT2D eigenvalue weighted by molar-refractivity contribution is 0.0323. The summed E-state index contributed by atoms with van der Waals surface area (Å²) in [5.41, 5.74) is 5.86. The van der Waals surface area contributed by atoms with Gasteiger partial charge in [0.05, 0.1) is 13.2 Å². The molecule has 4 rings (SSSR count). The zero-order chi connectivity index (χ0) is 16.5. The monoisotopic (exact) mass is 328 g/mol. The van der Waals surface area contributed by atoms with E-state index in [1.54, 1.807) is 24.0 Å². The van der Waals surface area contributed by atoms with Crippen molar-refractivity contribution in [2.45, 2.75) is 13.0 Å². The average molecular weight is 328 g/mol. The molecule has 2 N–H and O–H groups in total. The van der Waals surface area contributed by atoms with E-state index in [-0.39, 0.29) is 12.1 Å². The van der Waals surface area contributed by atoms with Crippen molar-refractivity contribution in [1.29, 1.82) is 0 Å². The number of nitrogen functional groups attached to an aromatic ring is 1. The fourth-order valence-electron chi connectivity index (χ4n) is 2.58. The van der Waals surface area contributed by atoms with Gasteiger partial charge in [0.1, 0.15) is 11.9 Å². The maximum Gasteiger partial charge on any atom is 0.224 e. The van der Waals surface area contributed by atoms with Gasteiger partial charge in [-0.1, -0.05) is 5.16 Å². The van der Waals surface area contributed by atoms with Crippen LogP contribution in [-0.4, -0.2) is 49.6 Å². The van der Waals surface area contributed by atoms with Crippen LogP contribution in [0, 0.1) is 6.92 Å². The number of anilines is 2. The number of ether oxygens (including phenoxy) is 1. The zero-order valence-corrected chi connectivity index (χ0v) is 13.0. The molecule has 1 fully saturated rings. The fraction of sp³-hybridized carbons (Fsp3) is 0.357. The van der Waals surface area contributed by atoms with Crippen LogP contribution in [0.5, 0.6) is 0 Å². The Morgan fingerprint density at radius 3 is 2.88 bits per heavy atom. The minimum atomic E-state index is -0.277. The molecule has 0 radical (unpaired) electrons. The highest BCUT2D eigenvalue weighted by Crippen LogP contribution is 2.24. The Hall–Kier alpha value is -3.01. The van der Waals surface area contributed by atoms with Gasteiger partial charge in [-0.05, 0) is 6.07 Å². The molecular weight excluding hydrogens is 312 g/mol. The first-order chi connectivity index (χ1) is 11.7. The van der Waals surface area contributed by atoms with Crippen LogP contribution in [0.1, 0.15) is 17.8 Å². The van der Waals surface area contributed by atoms with Gasteiger partial charge in [0.15, 0.2) is 5.82 Å². The number of hydrogen-bond acceptors (Lipinski definition) is 9. The molecule has 0 spiro atoms. The topological polar surface area (TPSA) is 121 Å². The number of aryl methyl sites for hydroxylation is 1. The predicted octanol–water partition coefficient (Wildman–Crippen LogP) is 0.514. The van der Waals surface area contributed by atoms with E-state index in [1.807, 2.05) is 12.1 Å². The van der Waals surface area contributed by atoms with Crippen LogP contribution in [0.4, 0.5) is 11.8 Å². The molecule has 1 aliphatic heterocycles. The highest BCUT2D eigenvalue weighted by molar-refractivity contribution is 5.48. The smallest absolute Gasteiger partial charge is 0.224 e. The molecule has 0 aromatic carbocycles. The Morgan fingerprint density at radius 1 is 1.25 bits per heavy atom. The summed E-state index contributed by atoms with van der Waals surface area (Å²) in [5, 5.41) is 8.11. The van der Waals surface area contributed by atoms with Gasteiger partial charge in [-0.2, -0.15) is 20.1 Å². The van der Waals surface area contributed by atoms with Crippen molar-refractivity contribution in [1.82, 2.24) is 29.9 Å². The van der Waals surface area contributed by atoms with E-state index in [0.717, 1.165) is 0 Å². The first-order valence-electron chi connectivity index (χ1n) is 7.50. The molecule has 0 saturated carbocycles. The largest absolute Gasteiger partial charge is 0.368 e. The van der Waals surface area contributed by atoms with Crippen LogP contribution in [0.15, 0.2) is 29.0 Å². The van der Waals surface area contributed by atoms with Gasteiger partial charge in [-0.25, -0.2) is 4.68 Å². The summed E-state index contributed by atoms with van der Waals surface area (Å²) in [6.07, 6.45) is 3.21. The van der Waals surface area contributed by atoms with Crippen molar-refractivity contribution in [2.75, 3.05) is 30.3 Å². The summed E-state index contributed by atoms with van der Waals surface area (Å²) < 4.78 is 12.4. The molecule has 124 valence electrons. The number of nitrogens with two attached hydrogens (primary N) is 1. The van der Waals surface area contributed by atoms with Gasteiger partial charge < -0.3 is 19.9 Å². The number of aromatic nitrogens is 6. The van der Waals surface area contributed by atoms with Gasteiger partial charge in [-0.15, -0.1) is 0 Å². The second kappa shape index (κ2) is 5.89. The summed E-state index contributed by atoms with van der Waals surface area (Å²) >= 11 is 0. The van der Waals surface area contributed by atoms with Crippen molar-refractivity contribution in [3.63, 3.8) is 0 Å². The highest BCUT2D eigenvalue weighted by Gasteiger charge is 2.27. The van der Waals surface area contributed by atoms with Gasteiger partial charge in [0.2, 0.25) is 17.7 Å². The number of nitrogens with zero attached hydrogens (tertiary/aromatic N) is 7. The third-order valence-electron chi connectivity index (χ3n) is 3.68. The predicted molar refractivity (Wildman–Crippen MR) is 83.5 cm³/mol. The van der Waals surface area contributed by atoms with E-state index in [2.05, 4.69) is 30.1 Å². The number of hydrogen-bond donors (Lipinski definition) is 1. The lowest BCUT2D eigenvalue weighted by atomic mass is 10.2. The van der Waals surface area contributed by atoms with Crippen LogP contribution in [0.25, 0.3) is 5.82 Å². The SMILES string of the molecule is Cc1nc(C2CN(c3cc(-n4cccn4)nc(N)n3)CCO2)no1. The summed E-state index contributed by atoms with van der Waals surface area (Å²) in [5.74, 6) is 2.56. The average Bonchev–Trinajstić information content (AvgIpc) is 3.26. The van der Waals surface area contributed by atoms with Crippen LogP contribution < -0.4 is 10.6 Å². The molecule has 1 unspecified atom stereocenters. The molecule has 0 amide bonds. The Labute approximate surface area is 137 Å². The molecule has 3 aromatic heterocycles. The first kappa shape index (κ1) is 14.6. The molecule has 10 nitrogen and oxygen atoms in total. The molecule has 1 saturated heterocycles. The van der Waals surface area contributed by atoms with E-state index in [0.29, 0.717) is 43.0 Å². The first-order valence-corrected chi connectivity index (χ1v) is 7.50. The summed E-state index contributed by atoms with van der Waals surface area (Å²) in [6, 6.07) is 3.66. The van der Waals surface area contributed by atoms with E-state index in [4.69, 9.17) is 15.0 Å². The van der Waals surface area contributed by atoms with Crippen molar-refractivity contribution in [3.8, 4) is 5.82 Å². The molecule has 4 heterocycles. The Kier molecular flexibility index (Phi) is 3.58. The maximum absolute atomic E-state index is 5.86. The molecule has 0 aliphatic carbocycles. The number of morpholine rings is 1. The minimum Gasteiger partial charge on any atom is -0.368 e. The van der Waals surface area contributed by atoms with Crippen molar-refractivity contribution >= 4 is 11.8 Å². The zero-order valence-electron chi connectivity index (χ0n) is 13.0. The normalized spacial score (nSPS) is 18.0. The Balaban J connectivity index is 1.61. The van der Waals surface area contributed by atoms with Gasteiger partial charge >= 0.3 is 0 Å². The second-order valence-electron chi connectivity index (χ2n) is 5.37. The lowest BCUT2D eigenvalue weighted by Gasteiger charge is -2.32. The Bertz CT molecular complexity index is 831. The van der Waals surface area contributed by atoms with E-state index < -0.39 is 0 Å². The highest BCUT2D eigenvalue weighted by atomic mass is 16.5. The summed E-state index contributed by atoms with van der Waals surface area (Å²) in [7, 11) is 0. The van der Waals surface area contributed by atoms with Crippen molar-refractivity contribution in [2.24, 2.45) is 0 Å². The van der Waals surface area contributed by atoms with E-state index in [9.17, 15) is 0 Å². The van der Waals surface area contributed by atoms with Crippen LogP contribution in [-0.2, 0) is 4.74 Å². The fourth-order valence-corrected chi connectivity index (χ4v) is 2.58. The third-order valence-corrected chi connectivity index (χ3v) is 3.68. The molecule has 0 bridgehead atoms. The third kappa shape index (κ3) is 2.78. The van der Waals surface area contributed by atoms with E-state index >= 15 is 0 Å². The Morgan fingerprint density at radius 2 is 2.12 bits per heavy atom. The van der Waals surface area contributed by atoms with Crippen LogP contribution in [0.3, 0.4) is 0 Å². The standard InChI is InChI=1S/C14H16N8O2/c1-9-17-13(20-24-9)10-8-21(5-6-23-10)11-7-12(19-14(15)18-11)22-4-2-3-16-22/h2-4,7,10H,5-6,8H2,1H3,(H2,15,18,19). The number of rotatable bonds is 3. The molecule has 10 heteroatoms. The quantitative estimate of drug-likeness (QED) is 0.733. The second-order valence-corrected chi connectivity index (χ2v) is 5.37. The summed E-state index contributed by atoms with van der Waals surface area (Å²) in [4.78, 5) is 14.9. The van der Waals surface area contributed by atoms with Gasteiger partial charge in [-0.3, -0.25) is 0 Å². The summed E-state index contributed by atoms with van der Waals surface area (Å²) in [6.45, 7) is 3.51. The minimum absolute atomic E-state index is 0.191. The molecular formula is C14H16N8O2. The van der Waals surface area contributed by atoms with Crippen molar-refractivity contribution in [3.05, 3.63) is 36.2 Å². The maximum atomic E-state index is 5.86. The molecule has 1 atom stereocenters. The van der Waals surface area contributed by atoms with Gasteiger partial charge in [0, 0.05) is 31.9 Å². The molecule has 24 heavy (non-hydrogen) atoms. The van der Waals surface area contributed by atoms with Crippen LogP contribution >= 0.6 is 0 Å². The molecule has 3 aromatic rings. The van der Waals surface area contributed by atoms with Crippen molar-refractivity contribution < 1.29 is 9.26 Å². The van der Waals surface area contributed by atoms with Gasteiger partial charge in [0.25, 0.3) is 0 Å².